The lowest BCUT2D eigenvalue weighted by Gasteiger charge is -2.16. The zero-order chi connectivity index (χ0) is 15.1. The van der Waals surface area contributed by atoms with Gasteiger partial charge in [-0.05, 0) is 43.9 Å². The van der Waals surface area contributed by atoms with E-state index in [9.17, 15) is 14.4 Å². The quantitative estimate of drug-likeness (QED) is 0.627. The van der Waals surface area contributed by atoms with Crippen LogP contribution in [-0.2, 0) is 4.79 Å². The van der Waals surface area contributed by atoms with E-state index in [1.165, 1.54) is 0 Å². The summed E-state index contributed by atoms with van der Waals surface area (Å²) in [4.78, 5) is 39.0. The Morgan fingerprint density at radius 2 is 1.90 bits per heavy atom. The molecule has 0 bridgehead atoms. The summed E-state index contributed by atoms with van der Waals surface area (Å²) in [5.74, 6) is -0.471. The molecule has 0 unspecified atom stereocenters. The minimum atomic E-state index is -0.320. The first-order chi connectivity index (χ1) is 9.97. The van der Waals surface area contributed by atoms with Gasteiger partial charge in [-0.25, -0.2) is 4.79 Å². The Bertz CT molecular complexity index is 634. The zero-order valence-electron chi connectivity index (χ0n) is 12.3. The second kappa shape index (κ2) is 4.98. The van der Waals surface area contributed by atoms with E-state index in [1.807, 2.05) is 19.9 Å². The number of amides is 3. The molecule has 1 saturated carbocycles. The fourth-order valence-electron chi connectivity index (χ4n) is 2.54. The molecule has 1 aliphatic heterocycles. The molecule has 1 aromatic rings. The molecule has 3 rings (SSSR count). The standard InChI is InChI=1S/C16H18N2O3/c1-10-3-4-12(7-11(10)2)14(19)8-18-15(20)9-17(16(18)21)13-5-6-13/h3-4,7,13H,5-6,8-9H2,1-2H3. The summed E-state index contributed by atoms with van der Waals surface area (Å²) in [6.07, 6.45) is 1.91. The van der Waals surface area contributed by atoms with Gasteiger partial charge in [0.15, 0.2) is 5.78 Å². The Hall–Kier alpha value is -2.17. The Morgan fingerprint density at radius 1 is 1.19 bits per heavy atom. The summed E-state index contributed by atoms with van der Waals surface area (Å²) in [5.41, 5.74) is 2.68. The minimum Gasteiger partial charge on any atom is -0.312 e. The number of hydrogen-bond donors (Lipinski definition) is 0. The van der Waals surface area contributed by atoms with Crippen LogP contribution in [0.4, 0.5) is 4.79 Å². The molecular formula is C16H18N2O3. The van der Waals surface area contributed by atoms with Crippen molar-refractivity contribution in [1.82, 2.24) is 9.80 Å². The average molecular weight is 286 g/mol. The van der Waals surface area contributed by atoms with E-state index in [4.69, 9.17) is 0 Å². The number of nitrogens with zero attached hydrogens (tertiary/aromatic N) is 2. The minimum absolute atomic E-state index is 0.115. The molecule has 21 heavy (non-hydrogen) atoms. The van der Waals surface area contributed by atoms with Crippen molar-refractivity contribution in [3.05, 3.63) is 34.9 Å². The molecule has 0 atom stereocenters. The highest BCUT2D eigenvalue weighted by atomic mass is 16.2. The van der Waals surface area contributed by atoms with E-state index in [0.29, 0.717) is 5.56 Å². The van der Waals surface area contributed by atoms with Crippen LogP contribution in [0.5, 0.6) is 0 Å². The van der Waals surface area contributed by atoms with Crippen molar-refractivity contribution in [2.24, 2.45) is 0 Å². The van der Waals surface area contributed by atoms with Crippen molar-refractivity contribution in [2.75, 3.05) is 13.1 Å². The second-order valence-electron chi connectivity index (χ2n) is 5.84. The molecule has 1 saturated heterocycles. The van der Waals surface area contributed by atoms with Gasteiger partial charge in [0, 0.05) is 11.6 Å². The van der Waals surface area contributed by atoms with Gasteiger partial charge >= 0.3 is 6.03 Å². The Morgan fingerprint density at radius 3 is 2.52 bits per heavy atom. The van der Waals surface area contributed by atoms with E-state index < -0.39 is 0 Å². The molecular weight excluding hydrogens is 268 g/mol. The first-order valence-electron chi connectivity index (χ1n) is 7.19. The van der Waals surface area contributed by atoms with E-state index in [2.05, 4.69) is 0 Å². The van der Waals surface area contributed by atoms with Crippen LogP contribution in [0.1, 0.15) is 34.3 Å². The van der Waals surface area contributed by atoms with Crippen LogP contribution >= 0.6 is 0 Å². The summed E-state index contributed by atoms with van der Waals surface area (Å²) in [6.45, 7) is 3.87. The van der Waals surface area contributed by atoms with Gasteiger partial charge in [-0.1, -0.05) is 12.1 Å². The third-order valence-corrected chi connectivity index (χ3v) is 4.20. The van der Waals surface area contributed by atoms with E-state index in [0.717, 1.165) is 28.9 Å². The number of Topliss-reactive ketones (excluding diaryl/α,β-unsaturated/α-hetero) is 1. The molecule has 1 aliphatic carbocycles. The summed E-state index contributed by atoms with van der Waals surface area (Å²) < 4.78 is 0. The molecule has 110 valence electrons. The van der Waals surface area contributed by atoms with Gasteiger partial charge in [0.25, 0.3) is 5.91 Å². The van der Waals surface area contributed by atoms with Crippen molar-refractivity contribution in [1.29, 1.82) is 0 Å². The van der Waals surface area contributed by atoms with Crippen LogP contribution in [0.15, 0.2) is 18.2 Å². The molecule has 3 amide bonds. The second-order valence-corrected chi connectivity index (χ2v) is 5.84. The third kappa shape index (κ3) is 2.55. The lowest BCUT2D eigenvalue weighted by Crippen LogP contribution is -2.37. The topological polar surface area (TPSA) is 57.7 Å². The normalized spacial score (nSPS) is 18.6. The number of benzene rings is 1. The van der Waals surface area contributed by atoms with Crippen LogP contribution in [0.25, 0.3) is 0 Å². The average Bonchev–Trinajstić information content (AvgIpc) is 3.24. The first kappa shape index (κ1) is 13.8. The van der Waals surface area contributed by atoms with Crippen LogP contribution in [0.2, 0.25) is 0 Å². The fourth-order valence-corrected chi connectivity index (χ4v) is 2.54. The molecule has 5 nitrogen and oxygen atoms in total. The number of urea groups is 1. The lowest BCUT2D eigenvalue weighted by atomic mass is 10.0. The van der Waals surface area contributed by atoms with Crippen LogP contribution in [0.3, 0.4) is 0 Å². The number of aryl methyl sites for hydroxylation is 2. The van der Waals surface area contributed by atoms with E-state index in [-0.39, 0.29) is 36.9 Å². The molecule has 5 heteroatoms. The first-order valence-corrected chi connectivity index (χ1v) is 7.19. The number of carbonyl (C=O) groups excluding carboxylic acids is 3. The summed E-state index contributed by atoms with van der Waals surface area (Å²) in [5, 5.41) is 0. The summed E-state index contributed by atoms with van der Waals surface area (Å²) in [7, 11) is 0. The monoisotopic (exact) mass is 286 g/mol. The number of carbonyl (C=O) groups is 3. The Kier molecular flexibility index (Phi) is 3.27. The molecule has 0 spiro atoms. The van der Waals surface area contributed by atoms with Crippen LogP contribution < -0.4 is 0 Å². The Labute approximate surface area is 123 Å². The van der Waals surface area contributed by atoms with Crippen molar-refractivity contribution < 1.29 is 14.4 Å². The van der Waals surface area contributed by atoms with Crippen molar-refractivity contribution in [3.8, 4) is 0 Å². The third-order valence-electron chi connectivity index (χ3n) is 4.20. The molecule has 0 aromatic heterocycles. The summed E-state index contributed by atoms with van der Waals surface area (Å²) in [6, 6.07) is 5.31. The van der Waals surface area contributed by atoms with E-state index in [1.54, 1.807) is 17.0 Å². The van der Waals surface area contributed by atoms with Crippen molar-refractivity contribution in [2.45, 2.75) is 32.7 Å². The van der Waals surface area contributed by atoms with Gasteiger partial charge in [-0.3, -0.25) is 14.5 Å². The molecule has 0 N–H and O–H groups in total. The largest absolute Gasteiger partial charge is 0.327 e. The highest BCUT2D eigenvalue weighted by molar-refractivity contribution is 6.08. The van der Waals surface area contributed by atoms with Crippen molar-refractivity contribution in [3.63, 3.8) is 0 Å². The number of rotatable bonds is 4. The molecule has 2 fully saturated rings. The van der Waals surface area contributed by atoms with Crippen molar-refractivity contribution >= 4 is 17.7 Å². The smallest absolute Gasteiger partial charge is 0.312 e. The lowest BCUT2D eigenvalue weighted by molar-refractivity contribution is -0.125. The van der Waals surface area contributed by atoms with Gasteiger partial charge in [0.05, 0.1) is 6.54 Å². The maximum atomic E-state index is 12.3. The number of hydrogen-bond acceptors (Lipinski definition) is 3. The van der Waals surface area contributed by atoms with Crippen LogP contribution in [-0.4, -0.2) is 46.7 Å². The van der Waals surface area contributed by atoms with Gasteiger partial charge < -0.3 is 4.90 Å². The number of ketones is 1. The van der Waals surface area contributed by atoms with Gasteiger partial charge in [-0.15, -0.1) is 0 Å². The maximum absolute atomic E-state index is 12.3. The predicted octanol–water partition coefficient (Wildman–Crippen LogP) is 1.91. The van der Waals surface area contributed by atoms with E-state index >= 15 is 0 Å². The maximum Gasteiger partial charge on any atom is 0.327 e. The molecule has 2 aliphatic rings. The van der Waals surface area contributed by atoms with Gasteiger partial charge in [0.1, 0.15) is 6.54 Å². The molecule has 0 radical (unpaired) electrons. The molecule has 1 aromatic carbocycles. The van der Waals surface area contributed by atoms with Crippen LogP contribution in [0, 0.1) is 13.8 Å². The SMILES string of the molecule is Cc1ccc(C(=O)CN2C(=O)CN(C3CC3)C2=O)cc1C. The highest BCUT2D eigenvalue weighted by Crippen LogP contribution is 2.30. The van der Waals surface area contributed by atoms with Gasteiger partial charge in [0.2, 0.25) is 0 Å². The zero-order valence-corrected chi connectivity index (χ0v) is 12.3. The highest BCUT2D eigenvalue weighted by Gasteiger charge is 2.44. The summed E-state index contributed by atoms with van der Waals surface area (Å²) >= 11 is 0. The fraction of sp³-hybridized carbons (Fsp3) is 0.438. The predicted molar refractivity (Wildman–Crippen MR) is 77.1 cm³/mol. The molecule has 1 heterocycles. The Balaban J connectivity index is 1.73. The van der Waals surface area contributed by atoms with Gasteiger partial charge in [-0.2, -0.15) is 0 Å². The number of imide groups is 1.